The largest absolute Gasteiger partial charge is 0.343 e. The van der Waals surface area contributed by atoms with Crippen LogP contribution in [-0.2, 0) is 20.1 Å². The Bertz CT molecular complexity index is 11.4. The van der Waals surface area contributed by atoms with E-state index in [2.05, 4.69) is 13.8 Å². The first-order valence-corrected chi connectivity index (χ1v) is 2.00. The van der Waals surface area contributed by atoms with Gasteiger partial charge in [-0.05, 0) is 0 Å². The van der Waals surface area contributed by atoms with Crippen LogP contribution in [0.3, 0.4) is 0 Å². The van der Waals surface area contributed by atoms with Gasteiger partial charge in [-0.15, -0.1) is 6.42 Å². The van der Waals surface area contributed by atoms with Crippen LogP contribution in [0.5, 0.6) is 0 Å². The second-order valence-electron chi connectivity index (χ2n) is 1.06. The smallest absolute Gasteiger partial charge is 0 e. The molecule has 0 heterocycles. The van der Waals surface area contributed by atoms with Gasteiger partial charge in [0, 0.05) is 20.1 Å². The van der Waals surface area contributed by atoms with E-state index in [0.29, 0.717) is 0 Å². The van der Waals surface area contributed by atoms with Gasteiger partial charge in [-0.3, -0.25) is 0 Å². The molecule has 0 unspecified atom stereocenters. The monoisotopic (exact) mass is 263 g/mol. The van der Waals surface area contributed by atoms with Gasteiger partial charge in [-0.2, -0.15) is 12.8 Å². The second kappa shape index (κ2) is 9.17. The molecule has 0 atom stereocenters. The van der Waals surface area contributed by atoms with Crippen LogP contribution in [0, 0.1) is 13.8 Å². The van der Waals surface area contributed by atoms with Gasteiger partial charge < -0.3 is 13.8 Å². The normalized spacial score (nSPS) is 7.00. The predicted molar refractivity (Wildman–Crippen MR) is 24.6 cm³/mol. The maximum Gasteiger partial charge on any atom is 0 e. The number of hydrogen-bond donors (Lipinski definition) is 0. The number of hydrogen-bond acceptors (Lipinski definition) is 0. The predicted octanol–water partition coefficient (Wildman–Crippen LogP) is 1.82. The van der Waals surface area contributed by atoms with Crippen LogP contribution in [0.4, 0.5) is 0 Å². The Morgan fingerprint density at radius 2 is 1.33 bits per heavy atom. The third-order valence-electron chi connectivity index (χ3n) is 0.500. The fourth-order valence-corrected chi connectivity index (χ4v) is 0.177. The summed E-state index contributed by atoms with van der Waals surface area (Å²) in [5.74, 6) is 0. The number of unbranched alkanes of at least 4 members (excludes halogenated alkanes) is 2. The van der Waals surface area contributed by atoms with Crippen molar-refractivity contribution in [1.82, 2.24) is 0 Å². The summed E-state index contributed by atoms with van der Waals surface area (Å²) in [7, 11) is 0. The zero-order valence-electron chi connectivity index (χ0n) is 3.87. The molecule has 0 aromatic heterocycles. The van der Waals surface area contributed by atoms with E-state index in [9.17, 15) is 0 Å². The minimum absolute atomic E-state index is 0. The van der Waals surface area contributed by atoms with Gasteiger partial charge in [0.15, 0.2) is 0 Å². The Balaban J connectivity index is 0. The molecule has 41 valence electrons. The Labute approximate surface area is 53.7 Å². The first-order chi connectivity index (χ1) is 2.41. The summed E-state index contributed by atoms with van der Waals surface area (Å²) in [4.78, 5) is 0. The van der Waals surface area contributed by atoms with Crippen LogP contribution in [0.2, 0.25) is 0 Å². The second-order valence-corrected chi connectivity index (χ2v) is 1.06. The van der Waals surface area contributed by atoms with Crippen LogP contribution >= 0.6 is 0 Å². The van der Waals surface area contributed by atoms with Crippen LogP contribution in [0.15, 0.2) is 0 Å². The third-order valence-corrected chi connectivity index (χ3v) is 0.500. The first-order valence-electron chi connectivity index (χ1n) is 2.00. The zero-order valence-corrected chi connectivity index (χ0v) is 6.26. The van der Waals surface area contributed by atoms with Crippen LogP contribution < -0.4 is 0 Å². The molecule has 0 N–H and O–H groups in total. The Kier molecular flexibility index (Phi) is 15.0. The molecule has 0 aliphatic heterocycles. The Hall–Kier alpha value is 0.649. The molecule has 0 rings (SSSR count). The molecule has 0 aromatic rings. The van der Waals surface area contributed by atoms with Crippen molar-refractivity contribution in [3.05, 3.63) is 13.8 Å². The van der Waals surface area contributed by atoms with Crippen molar-refractivity contribution in [2.24, 2.45) is 0 Å². The van der Waals surface area contributed by atoms with Gasteiger partial charge in [0.05, 0.1) is 0 Å². The van der Waals surface area contributed by atoms with Gasteiger partial charge in [0.2, 0.25) is 0 Å². The molecule has 0 fully saturated rings. The van der Waals surface area contributed by atoms with Crippen molar-refractivity contribution in [3.8, 4) is 0 Å². The minimum Gasteiger partial charge on any atom is -0.343 e. The third kappa shape index (κ3) is 8.82. The van der Waals surface area contributed by atoms with E-state index in [4.69, 9.17) is 0 Å². The van der Waals surface area contributed by atoms with Crippen LogP contribution in [0.25, 0.3) is 0 Å². The molecule has 0 saturated carbocycles. The van der Waals surface area contributed by atoms with Crippen molar-refractivity contribution in [1.29, 1.82) is 0 Å². The van der Waals surface area contributed by atoms with E-state index < -0.39 is 0 Å². The molecule has 0 aromatic carbocycles. The fourth-order valence-electron chi connectivity index (χ4n) is 0.177. The van der Waals surface area contributed by atoms with Crippen molar-refractivity contribution in [2.45, 2.75) is 19.3 Å². The van der Waals surface area contributed by atoms with Gasteiger partial charge in [0.1, 0.15) is 0 Å². The van der Waals surface area contributed by atoms with Crippen LogP contribution in [-0.4, -0.2) is 0 Å². The fraction of sp³-hybridized carbons (Fsp3) is 0.600. The summed E-state index contributed by atoms with van der Waals surface area (Å²) >= 11 is 0. The molecule has 0 saturated heterocycles. The number of rotatable bonds is 2. The van der Waals surface area contributed by atoms with E-state index in [1.165, 1.54) is 6.42 Å². The summed E-state index contributed by atoms with van der Waals surface area (Å²) in [5.41, 5.74) is 0. The summed E-state index contributed by atoms with van der Waals surface area (Å²) in [5, 5.41) is 0. The topological polar surface area (TPSA) is 0 Å². The van der Waals surface area contributed by atoms with E-state index in [1.807, 2.05) is 0 Å². The molecule has 0 amide bonds. The Morgan fingerprint density at radius 1 is 1.00 bits per heavy atom. The van der Waals surface area contributed by atoms with Gasteiger partial charge in [-0.1, -0.05) is 0 Å². The molecular weight excluding hydrogens is 252 g/mol. The molecule has 0 nitrogen and oxygen atoms in total. The molecular formula is C5H10Ir-2. The summed E-state index contributed by atoms with van der Waals surface area (Å²) in [6, 6.07) is 0. The maximum atomic E-state index is 3.64. The van der Waals surface area contributed by atoms with Crippen molar-refractivity contribution >= 4 is 0 Å². The molecule has 1 radical (unpaired) electrons. The van der Waals surface area contributed by atoms with Crippen molar-refractivity contribution in [2.75, 3.05) is 0 Å². The zero-order chi connectivity index (χ0) is 4.12. The summed E-state index contributed by atoms with van der Waals surface area (Å²) in [6.45, 7) is 7.27. The molecule has 0 bridgehead atoms. The molecule has 0 aliphatic rings. The average Bonchev–Trinajstić information content (AvgIpc) is 1.41. The summed E-state index contributed by atoms with van der Waals surface area (Å²) < 4.78 is 0. The molecule has 0 spiro atoms. The summed E-state index contributed by atoms with van der Waals surface area (Å²) in [6.07, 6.45) is 3.23. The van der Waals surface area contributed by atoms with Gasteiger partial charge in [-0.25, -0.2) is 0 Å². The van der Waals surface area contributed by atoms with Crippen molar-refractivity contribution in [3.63, 3.8) is 0 Å². The minimum atomic E-state index is 0. The van der Waals surface area contributed by atoms with E-state index in [1.54, 1.807) is 0 Å². The standard InChI is InChI=1S/C5H10.Ir/c1-3-5-4-2;/h1-5H2;/q-2;. The Morgan fingerprint density at radius 3 is 1.33 bits per heavy atom. The quantitative estimate of drug-likeness (QED) is 0.666. The van der Waals surface area contributed by atoms with Gasteiger partial charge in [0.25, 0.3) is 0 Å². The van der Waals surface area contributed by atoms with Crippen molar-refractivity contribution < 1.29 is 20.1 Å². The van der Waals surface area contributed by atoms with Crippen LogP contribution in [0.1, 0.15) is 19.3 Å². The first kappa shape index (κ1) is 9.82. The van der Waals surface area contributed by atoms with E-state index in [-0.39, 0.29) is 20.1 Å². The molecule has 1 heteroatoms. The van der Waals surface area contributed by atoms with E-state index >= 15 is 0 Å². The van der Waals surface area contributed by atoms with E-state index in [0.717, 1.165) is 12.8 Å². The van der Waals surface area contributed by atoms with Gasteiger partial charge >= 0.3 is 0 Å². The average molecular weight is 262 g/mol. The SMILES string of the molecule is [CH2-]CCC[CH2-].[Ir]. The molecule has 6 heavy (non-hydrogen) atoms. The maximum absolute atomic E-state index is 3.64. The molecule has 0 aliphatic carbocycles.